The molecule has 2 heterocycles. The number of hydrogen-bond donors (Lipinski definition) is 2. The number of amides is 1. The summed E-state index contributed by atoms with van der Waals surface area (Å²) >= 11 is 1.42. The van der Waals surface area contributed by atoms with Gasteiger partial charge in [0.15, 0.2) is 11.6 Å². The van der Waals surface area contributed by atoms with Crippen LogP contribution in [0.25, 0.3) is 11.3 Å². The van der Waals surface area contributed by atoms with Crippen molar-refractivity contribution in [1.29, 1.82) is 0 Å². The Bertz CT molecular complexity index is 1290. The SMILES string of the molecule is CNC(=O)c1ccc(SNc2noc3c2CC2(CC2C)c2ccc(N4CCC4)cc2-3)c(OC)c1. The van der Waals surface area contributed by atoms with E-state index in [9.17, 15) is 4.79 Å². The van der Waals surface area contributed by atoms with Crippen molar-refractivity contribution in [3.63, 3.8) is 0 Å². The molecule has 1 saturated carbocycles. The lowest BCUT2D eigenvalue weighted by molar-refractivity contribution is 0.0962. The van der Waals surface area contributed by atoms with Gasteiger partial charge in [0.1, 0.15) is 5.75 Å². The van der Waals surface area contributed by atoms with Crippen LogP contribution in [-0.4, -0.2) is 38.3 Å². The first-order valence-corrected chi connectivity index (χ1v) is 12.6. The summed E-state index contributed by atoms with van der Waals surface area (Å²) < 4.78 is 14.9. The quantitative estimate of drug-likeness (QED) is 0.491. The van der Waals surface area contributed by atoms with Gasteiger partial charge in [0.05, 0.1) is 12.0 Å². The van der Waals surface area contributed by atoms with Crippen LogP contribution in [0.3, 0.4) is 0 Å². The van der Waals surface area contributed by atoms with Gasteiger partial charge in [0.2, 0.25) is 0 Å². The molecule has 2 N–H and O–H groups in total. The number of rotatable bonds is 6. The number of aromatic nitrogens is 1. The van der Waals surface area contributed by atoms with Crippen LogP contribution in [0.4, 0.5) is 11.5 Å². The Morgan fingerprint density at radius 1 is 1.26 bits per heavy atom. The Kier molecular flexibility index (Phi) is 5.02. The van der Waals surface area contributed by atoms with Gasteiger partial charge in [-0.2, -0.15) is 0 Å². The summed E-state index contributed by atoms with van der Waals surface area (Å²) in [7, 11) is 3.22. The van der Waals surface area contributed by atoms with Gasteiger partial charge in [-0.3, -0.25) is 4.79 Å². The fraction of sp³-hybridized carbons (Fsp3) is 0.385. The van der Waals surface area contributed by atoms with Crippen LogP contribution in [-0.2, 0) is 11.8 Å². The van der Waals surface area contributed by atoms with E-state index in [0.29, 0.717) is 17.2 Å². The fourth-order valence-corrected chi connectivity index (χ4v) is 6.10. The minimum Gasteiger partial charge on any atom is -0.495 e. The molecule has 2 unspecified atom stereocenters. The molecule has 8 heteroatoms. The lowest BCUT2D eigenvalue weighted by Gasteiger charge is -2.34. The van der Waals surface area contributed by atoms with Crippen molar-refractivity contribution in [2.24, 2.45) is 5.92 Å². The zero-order chi connectivity index (χ0) is 23.4. The number of fused-ring (bicyclic) bond motifs is 4. The standard InChI is InChI=1S/C26H28N4O3S/c1-15-13-26(15)14-19-23(18-12-17(6-7-20(18)26)30-9-4-10-30)33-28-24(19)29-34-22-8-5-16(25(31)27-2)11-21(22)32-3/h5-8,11-12,15H,4,9-10,13-14H2,1-3H3,(H,27,31)(H,28,29). The summed E-state index contributed by atoms with van der Waals surface area (Å²) in [5.74, 6) is 2.77. The molecule has 1 saturated heterocycles. The van der Waals surface area contributed by atoms with Crippen molar-refractivity contribution in [2.75, 3.05) is 36.9 Å². The van der Waals surface area contributed by atoms with E-state index in [2.05, 4.69) is 45.2 Å². The molecule has 0 radical (unpaired) electrons. The molecule has 1 spiro atoms. The van der Waals surface area contributed by atoms with Crippen LogP contribution in [0.1, 0.15) is 41.3 Å². The van der Waals surface area contributed by atoms with Gasteiger partial charge in [-0.1, -0.05) is 18.1 Å². The second kappa shape index (κ2) is 7.98. The Hall–Kier alpha value is -3.13. The number of methoxy groups -OCH3 is 1. The van der Waals surface area contributed by atoms with E-state index in [1.54, 1.807) is 26.3 Å². The molecule has 3 aromatic rings. The third kappa shape index (κ3) is 3.27. The maximum Gasteiger partial charge on any atom is 0.251 e. The summed E-state index contributed by atoms with van der Waals surface area (Å²) in [4.78, 5) is 15.3. The van der Waals surface area contributed by atoms with Crippen LogP contribution in [0.5, 0.6) is 5.75 Å². The highest BCUT2D eigenvalue weighted by Gasteiger charge is 2.56. The highest BCUT2D eigenvalue weighted by atomic mass is 32.2. The zero-order valence-electron chi connectivity index (χ0n) is 19.6. The average molecular weight is 477 g/mol. The molecule has 2 aromatic carbocycles. The highest BCUT2D eigenvalue weighted by Crippen LogP contribution is 2.62. The topological polar surface area (TPSA) is 79.6 Å². The predicted molar refractivity (Wildman–Crippen MR) is 134 cm³/mol. The minimum atomic E-state index is -0.145. The van der Waals surface area contributed by atoms with E-state index in [1.807, 2.05) is 6.07 Å². The molecule has 2 atom stereocenters. The number of benzene rings is 2. The smallest absolute Gasteiger partial charge is 0.251 e. The lowest BCUT2D eigenvalue weighted by atomic mass is 9.77. The zero-order valence-corrected chi connectivity index (χ0v) is 20.4. The van der Waals surface area contributed by atoms with Crippen molar-refractivity contribution in [3.05, 3.63) is 53.1 Å². The molecule has 3 aliphatic rings. The van der Waals surface area contributed by atoms with Gasteiger partial charge in [-0.25, -0.2) is 0 Å². The molecule has 1 aliphatic heterocycles. The van der Waals surface area contributed by atoms with Gasteiger partial charge >= 0.3 is 0 Å². The van der Waals surface area contributed by atoms with Crippen LogP contribution in [0, 0.1) is 5.92 Å². The number of nitrogens with zero attached hydrogens (tertiary/aromatic N) is 2. The number of anilines is 2. The number of nitrogens with one attached hydrogen (secondary N) is 2. The Morgan fingerprint density at radius 2 is 2.09 bits per heavy atom. The molecular formula is C26H28N4O3S. The van der Waals surface area contributed by atoms with Crippen molar-refractivity contribution in [1.82, 2.24) is 10.5 Å². The van der Waals surface area contributed by atoms with Crippen LogP contribution >= 0.6 is 11.9 Å². The maximum absolute atomic E-state index is 12.0. The van der Waals surface area contributed by atoms with Gasteiger partial charge in [0, 0.05) is 47.9 Å². The number of carbonyl (C=O) groups excluding carboxylic acids is 1. The predicted octanol–water partition coefficient (Wildman–Crippen LogP) is 4.87. The molecule has 0 bridgehead atoms. The summed E-state index contributed by atoms with van der Waals surface area (Å²) in [6.07, 6.45) is 3.37. The number of carbonyl (C=O) groups is 1. The highest BCUT2D eigenvalue weighted by molar-refractivity contribution is 8.00. The van der Waals surface area contributed by atoms with E-state index in [-0.39, 0.29) is 11.3 Å². The molecule has 7 nitrogen and oxygen atoms in total. The van der Waals surface area contributed by atoms with Gasteiger partial charge in [-0.15, -0.1) is 0 Å². The fourth-order valence-electron chi connectivity index (χ4n) is 5.35. The molecule has 2 aliphatic carbocycles. The van der Waals surface area contributed by atoms with Crippen LogP contribution in [0.2, 0.25) is 0 Å². The monoisotopic (exact) mass is 476 g/mol. The average Bonchev–Trinajstić information content (AvgIpc) is 3.28. The Morgan fingerprint density at radius 3 is 2.76 bits per heavy atom. The van der Waals surface area contributed by atoms with Crippen LogP contribution in [0.15, 0.2) is 45.8 Å². The van der Waals surface area contributed by atoms with E-state index in [0.717, 1.165) is 41.5 Å². The van der Waals surface area contributed by atoms with Gasteiger partial charge in [0.25, 0.3) is 5.91 Å². The van der Waals surface area contributed by atoms with E-state index >= 15 is 0 Å². The molecule has 34 heavy (non-hydrogen) atoms. The van der Waals surface area contributed by atoms with Crippen LogP contribution < -0.4 is 19.7 Å². The van der Waals surface area contributed by atoms with Gasteiger partial charge in [-0.05, 0) is 73.0 Å². The third-order valence-electron chi connectivity index (χ3n) is 7.65. The first kappa shape index (κ1) is 21.4. The summed E-state index contributed by atoms with van der Waals surface area (Å²) in [6.45, 7) is 4.58. The second-order valence-corrected chi connectivity index (χ2v) is 10.3. The first-order chi connectivity index (χ1) is 16.5. The number of ether oxygens (including phenoxy) is 1. The van der Waals surface area contributed by atoms with Crippen molar-refractivity contribution < 1.29 is 14.1 Å². The minimum absolute atomic E-state index is 0.145. The third-order valence-corrected chi connectivity index (χ3v) is 8.50. The summed E-state index contributed by atoms with van der Waals surface area (Å²) in [5.41, 5.74) is 5.73. The Balaban J connectivity index is 1.31. The second-order valence-electron chi connectivity index (χ2n) is 9.50. The normalized spacial score (nSPS) is 22.0. The maximum atomic E-state index is 12.0. The van der Waals surface area contributed by atoms with Crippen molar-refractivity contribution in [3.8, 4) is 17.1 Å². The largest absolute Gasteiger partial charge is 0.495 e. The molecule has 1 amide bonds. The molecular weight excluding hydrogens is 448 g/mol. The van der Waals surface area contributed by atoms with Gasteiger partial charge < -0.3 is 24.2 Å². The number of hydrogen-bond acceptors (Lipinski definition) is 7. The van der Waals surface area contributed by atoms with Crippen molar-refractivity contribution >= 4 is 29.4 Å². The first-order valence-electron chi connectivity index (χ1n) is 11.8. The molecule has 1 aromatic heterocycles. The van der Waals surface area contributed by atoms with E-state index in [4.69, 9.17) is 9.26 Å². The molecule has 6 rings (SSSR count). The van der Waals surface area contributed by atoms with E-state index in [1.165, 1.54) is 41.6 Å². The molecule has 2 fully saturated rings. The Labute approximate surface area is 203 Å². The van der Waals surface area contributed by atoms with E-state index < -0.39 is 0 Å². The van der Waals surface area contributed by atoms with Crippen molar-refractivity contribution in [2.45, 2.75) is 36.5 Å². The summed E-state index contributed by atoms with van der Waals surface area (Å²) in [6, 6.07) is 12.3. The lowest BCUT2D eigenvalue weighted by Crippen LogP contribution is -2.37. The molecule has 176 valence electrons. The summed E-state index contributed by atoms with van der Waals surface area (Å²) in [5, 5.41) is 7.07.